The SMILES string of the molecule is CC(C)(C#N)C(=O)Nc1cn2nc(Cl)ccc2n1. The van der Waals surface area contributed by atoms with Gasteiger partial charge in [0.25, 0.3) is 0 Å². The molecule has 0 aliphatic heterocycles. The Morgan fingerprint density at radius 1 is 1.56 bits per heavy atom. The van der Waals surface area contributed by atoms with Crippen molar-refractivity contribution in [2.75, 3.05) is 5.32 Å². The Hall–Kier alpha value is -2.13. The third-order valence-corrected chi connectivity index (χ3v) is 2.58. The molecule has 6 nitrogen and oxygen atoms in total. The lowest BCUT2D eigenvalue weighted by atomic mass is 9.95. The van der Waals surface area contributed by atoms with Crippen molar-refractivity contribution in [2.24, 2.45) is 5.41 Å². The molecular formula is C11H10ClN5O. The first-order chi connectivity index (χ1) is 8.42. The fraction of sp³-hybridized carbons (Fsp3) is 0.273. The lowest BCUT2D eigenvalue weighted by molar-refractivity contribution is -0.121. The van der Waals surface area contributed by atoms with E-state index >= 15 is 0 Å². The maximum absolute atomic E-state index is 11.8. The molecule has 0 unspecified atom stereocenters. The summed E-state index contributed by atoms with van der Waals surface area (Å²) in [4.78, 5) is 15.9. The smallest absolute Gasteiger partial charge is 0.245 e. The maximum Gasteiger partial charge on any atom is 0.245 e. The minimum absolute atomic E-state index is 0.329. The van der Waals surface area contributed by atoms with Gasteiger partial charge in [0.2, 0.25) is 5.91 Å². The molecule has 2 heterocycles. The van der Waals surface area contributed by atoms with Crippen molar-refractivity contribution < 1.29 is 4.79 Å². The molecule has 0 atom stereocenters. The van der Waals surface area contributed by atoms with Gasteiger partial charge in [0.15, 0.2) is 11.5 Å². The molecule has 1 N–H and O–H groups in total. The molecule has 0 saturated carbocycles. The van der Waals surface area contributed by atoms with E-state index in [2.05, 4.69) is 15.4 Å². The van der Waals surface area contributed by atoms with E-state index in [1.807, 2.05) is 6.07 Å². The van der Waals surface area contributed by atoms with Gasteiger partial charge in [0, 0.05) is 0 Å². The Labute approximate surface area is 108 Å². The lowest BCUT2D eigenvalue weighted by Gasteiger charge is -2.12. The fourth-order valence-electron chi connectivity index (χ4n) is 1.24. The number of fused-ring (bicyclic) bond motifs is 1. The van der Waals surface area contributed by atoms with Crippen LogP contribution in [0.1, 0.15) is 13.8 Å². The van der Waals surface area contributed by atoms with Crippen molar-refractivity contribution in [2.45, 2.75) is 13.8 Å². The number of hydrogen-bond acceptors (Lipinski definition) is 4. The molecule has 0 radical (unpaired) electrons. The maximum atomic E-state index is 11.8. The van der Waals surface area contributed by atoms with E-state index in [4.69, 9.17) is 16.9 Å². The van der Waals surface area contributed by atoms with E-state index in [9.17, 15) is 4.79 Å². The second-order valence-corrected chi connectivity index (χ2v) is 4.66. The van der Waals surface area contributed by atoms with Crippen LogP contribution >= 0.6 is 11.6 Å². The normalized spacial score (nSPS) is 11.2. The number of halogens is 1. The highest BCUT2D eigenvalue weighted by atomic mass is 35.5. The second-order valence-electron chi connectivity index (χ2n) is 4.28. The van der Waals surface area contributed by atoms with Crippen LogP contribution in [0.5, 0.6) is 0 Å². The standard InChI is InChI=1S/C11H10ClN5O/c1-11(2,6-13)10(18)15-8-5-17-9(14-8)4-3-7(12)16-17/h3-5H,1-2H3,(H,15,18). The topological polar surface area (TPSA) is 83.1 Å². The van der Waals surface area contributed by atoms with E-state index in [0.717, 1.165) is 0 Å². The average Bonchev–Trinajstić information content (AvgIpc) is 2.70. The van der Waals surface area contributed by atoms with Crippen LogP contribution < -0.4 is 5.32 Å². The molecule has 1 amide bonds. The molecule has 0 aliphatic rings. The van der Waals surface area contributed by atoms with Crippen LogP contribution in [0.2, 0.25) is 5.15 Å². The van der Waals surface area contributed by atoms with Crippen LogP contribution in [0.3, 0.4) is 0 Å². The first-order valence-corrected chi connectivity index (χ1v) is 5.55. The number of carbonyl (C=O) groups excluding carboxylic acids is 1. The van der Waals surface area contributed by atoms with E-state index in [1.165, 1.54) is 24.6 Å². The zero-order chi connectivity index (χ0) is 13.3. The van der Waals surface area contributed by atoms with Crippen molar-refractivity contribution >= 4 is 29.0 Å². The van der Waals surface area contributed by atoms with E-state index in [0.29, 0.717) is 16.6 Å². The molecule has 2 aromatic heterocycles. The Morgan fingerprint density at radius 3 is 2.94 bits per heavy atom. The van der Waals surface area contributed by atoms with Gasteiger partial charge in [0.1, 0.15) is 10.6 Å². The zero-order valence-electron chi connectivity index (χ0n) is 9.81. The van der Waals surface area contributed by atoms with Crippen LogP contribution in [0.25, 0.3) is 5.65 Å². The number of nitriles is 1. The van der Waals surface area contributed by atoms with Gasteiger partial charge < -0.3 is 5.32 Å². The van der Waals surface area contributed by atoms with Gasteiger partial charge in [-0.3, -0.25) is 4.79 Å². The molecule has 0 spiro atoms. The molecule has 2 rings (SSSR count). The van der Waals surface area contributed by atoms with Crippen LogP contribution in [-0.2, 0) is 4.79 Å². The third-order valence-electron chi connectivity index (χ3n) is 2.38. The van der Waals surface area contributed by atoms with Gasteiger partial charge >= 0.3 is 0 Å². The van der Waals surface area contributed by atoms with Gasteiger partial charge in [-0.2, -0.15) is 10.4 Å². The summed E-state index contributed by atoms with van der Waals surface area (Å²) < 4.78 is 1.46. The fourth-order valence-corrected chi connectivity index (χ4v) is 1.39. The molecular weight excluding hydrogens is 254 g/mol. The van der Waals surface area contributed by atoms with Crippen molar-refractivity contribution in [3.63, 3.8) is 0 Å². The van der Waals surface area contributed by atoms with Crippen molar-refractivity contribution in [1.29, 1.82) is 5.26 Å². The molecule has 0 aliphatic carbocycles. The molecule has 0 fully saturated rings. The minimum Gasteiger partial charge on any atom is -0.308 e. The summed E-state index contributed by atoms with van der Waals surface area (Å²) in [6.07, 6.45) is 1.53. The van der Waals surface area contributed by atoms with Gasteiger partial charge in [-0.05, 0) is 26.0 Å². The largest absolute Gasteiger partial charge is 0.308 e. The van der Waals surface area contributed by atoms with Crippen molar-refractivity contribution in [3.8, 4) is 6.07 Å². The van der Waals surface area contributed by atoms with Crippen LogP contribution in [0, 0.1) is 16.7 Å². The summed E-state index contributed by atoms with van der Waals surface area (Å²) in [5.74, 6) is -0.0856. The van der Waals surface area contributed by atoms with E-state index < -0.39 is 11.3 Å². The highest BCUT2D eigenvalue weighted by molar-refractivity contribution is 6.29. The quantitative estimate of drug-likeness (QED) is 0.897. The third kappa shape index (κ3) is 2.26. The first-order valence-electron chi connectivity index (χ1n) is 5.17. The molecule has 0 aromatic carbocycles. The highest BCUT2D eigenvalue weighted by Gasteiger charge is 2.27. The number of amides is 1. The summed E-state index contributed by atoms with van der Waals surface area (Å²) in [7, 11) is 0. The molecule has 0 bridgehead atoms. The summed E-state index contributed by atoms with van der Waals surface area (Å²) in [6.45, 7) is 3.07. The summed E-state index contributed by atoms with van der Waals surface area (Å²) in [6, 6.07) is 5.21. The summed E-state index contributed by atoms with van der Waals surface area (Å²) in [5, 5.41) is 15.7. The minimum atomic E-state index is -1.11. The zero-order valence-corrected chi connectivity index (χ0v) is 10.6. The Kier molecular flexibility index (Phi) is 2.93. The Morgan fingerprint density at radius 2 is 2.28 bits per heavy atom. The second kappa shape index (κ2) is 4.27. The van der Waals surface area contributed by atoms with Crippen LogP contribution in [0.4, 0.5) is 5.82 Å². The predicted molar refractivity (Wildman–Crippen MR) is 66.0 cm³/mol. The van der Waals surface area contributed by atoms with E-state index in [1.54, 1.807) is 12.1 Å². The van der Waals surface area contributed by atoms with Gasteiger partial charge in [0.05, 0.1) is 12.3 Å². The molecule has 7 heteroatoms. The molecule has 0 saturated heterocycles. The lowest BCUT2D eigenvalue weighted by Crippen LogP contribution is -2.29. The average molecular weight is 264 g/mol. The number of carbonyl (C=O) groups is 1. The summed E-state index contributed by atoms with van der Waals surface area (Å²) in [5.41, 5.74) is -0.551. The van der Waals surface area contributed by atoms with Crippen molar-refractivity contribution in [1.82, 2.24) is 14.6 Å². The monoisotopic (exact) mass is 263 g/mol. The van der Waals surface area contributed by atoms with E-state index in [-0.39, 0.29) is 0 Å². The number of hydrogen-bond donors (Lipinski definition) is 1. The summed E-state index contributed by atoms with van der Waals surface area (Å²) >= 11 is 5.74. The number of imidazole rings is 1. The number of rotatable bonds is 2. The van der Waals surface area contributed by atoms with Crippen molar-refractivity contribution in [3.05, 3.63) is 23.5 Å². The Balaban J connectivity index is 2.28. The molecule has 2 aromatic rings. The molecule has 18 heavy (non-hydrogen) atoms. The van der Waals surface area contributed by atoms with Gasteiger partial charge in [-0.1, -0.05) is 11.6 Å². The number of nitrogens with zero attached hydrogens (tertiary/aromatic N) is 4. The molecule has 92 valence electrons. The van der Waals surface area contributed by atoms with Crippen LogP contribution in [0.15, 0.2) is 18.3 Å². The van der Waals surface area contributed by atoms with Gasteiger partial charge in [-0.15, -0.1) is 0 Å². The Bertz CT molecular complexity index is 655. The van der Waals surface area contributed by atoms with Gasteiger partial charge in [-0.25, -0.2) is 9.50 Å². The highest BCUT2D eigenvalue weighted by Crippen LogP contribution is 2.17. The predicted octanol–water partition coefficient (Wildman–Crippen LogP) is 1.87. The van der Waals surface area contributed by atoms with Crippen LogP contribution in [-0.4, -0.2) is 20.5 Å². The number of nitrogens with one attached hydrogen (secondary N) is 1. The number of aromatic nitrogens is 3. The number of anilines is 1. The first kappa shape index (κ1) is 12.3.